The van der Waals surface area contributed by atoms with E-state index in [1.165, 1.54) is 11.3 Å². The van der Waals surface area contributed by atoms with Crippen LogP contribution in [0.4, 0.5) is 5.13 Å². The predicted octanol–water partition coefficient (Wildman–Crippen LogP) is 0.923. The van der Waals surface area contributed by atoms with E-state index in [1.807, 2.05) is 13.1 Å². The summed E-state index contributed by atoms with van der Waals surface area (Å²) in [5, 5.41) is 9.01. The molecular formula is C12H13N7O2S. The van der Waals surface area contributed by atoms with E-state index in [9.17, 15) is 4.79 Å². The molecule has 22 heavy (non-hydrogen) atoms. The third-order valence-electron chi connectivity index (χ3n) is 3.60. The minimum absolute atomic E-state index is 0.0856. The molecule has 1 amide bonds. The molecule has 3 aromatic heterocycles. The Labute approximate surface area is 128 Å². The molecule has 1 saturated heterocycles. The summed E-state index contributed by atoms with van der Waals surface area (Å²) in [4.78, 5) is 22.5. The van der Waals surface area contributed by atoms with Crippen LogP contribution >= 0.6 is 11.3 Å². The highest BCUT2D eigenvalue weighted by Crippen LogP contribution is 2.37. The zero-order valence-electron chi connectivity index (χ0n) is 11.8. The average Bonchev–Trinajstić information content (AvgIpc) is 3.19. The SMILES string of the molecule is Cc1cn2nc(N3CCCC3c3nc(C(N)=O)no3)sc2n1. The number of fused-ring (bicyclic) bond motifs is 1. The van der Waals surface area contributed by atoms with Crippen molar-refractivity contribution in [3.05, 3.63) is 23.6 Å². The first-order chi connectivity index (χ1) is 10.6. The summed E-state index contributed by atoms with van der Waals surface area (Å²) in [5.74, 6) is -0.385. The molecule has 1 aliphatic rings. The Morgan fingerprint density at radius 3 is 3.09 bits per heavy atom. The van der Waals surface area contributed by atoms with Gasteiger partial charge in [-0.25, -0.2) is 9.50 Å². The van der Waals surface area contributed by atoms with Gasteiger partial charge in [0.25, 0.3) is 11.7 Å². The second-order valence-electron chi connectivity index (χ2n) is 5.17. The fourth-order valence-corrected chi connectivity index (χ4v) is 3.64. The molecule has 4 rings (SSSR count). The van der Waals surface area contributed by atoms with Gasteiger partial charge in [0.05, 0.1) is 11.9 Å². The van der Waals surface area contributed by atoms with Gasteiger partial charge in [0, 0.05) is 6.54 Å². The quantitative estimate of drug-likeness (QED) is 0.763. The summed E-state index contributed by atoms with van der Waals surface area (Å²) in [7, 11) is 0. The maximum atomic E-state index is 11.1. The standard InChI is InChI=1S/C12H13N7O2S/c1-6-5-19-11(14-6)22-12(16-19)18-4-2-3-7(18)10-15-9(8(13)20)17-21-10/h5,7H,2-4H2,1H3,(H2,13,20). The van der Waals surface area contributed by atoms with Crippen LogP contribution in [0, 0.1) is 6.92 Å². The smallest absolute Gasteiger partial charge is 0.290 e. The van der Waals surface area contributed by atoms with Gasteiger partial charge in [-0.1, -0.05) is 16.5 Å². The molecule has 0 spiro atoms. The van der Waals surface area contributed by atoms with Crippen molar-refractivity contribution in [3.63, 3.8) is 0 Å². The predicted molar refractivity (Wildman–Crippen MR) is 77.7 cm³/mol. The Balaban J connectivity index is 1.67. The van der Waals surface area contributed by atoms with Crippen molar-refractivity contribution in [2.24, 2.45) is 5.73 Å². The second kappa shape index (κ2) is 4.77. The van der Waals surface area contributed by atoms with Crippen molar-refractivity contribution in [1.29, 1.82) is 0 Å². The first kappa shape index (κ1) is 13.2. The minimum Gasteiger partial charge on any atom is -0.363 e. The number of nitrogens with two attached hydrogens (primary N) is 1. The molecule has 0 saturated carbocycles. The fourth-order valence-electron chi connectivity index (χ4n) is 2.64. The molecule has 2 N–H and O–H groups in total. The van der Waals surface area contributed by atoms with Gasteiger partial charge in [-0.05, 0) is 19.8 Å². The topological polar surface area (TPSA) is 115 Å². The number of carbonyl (C=O) groups is 1. The highest BCUT2D eigenvalue weighted by Gasteiger charge is 2.33. The number of imidazole rings is 1. The van der Waals surface area contributed by atoms with Gasteiger partial charge in [0.1, 0.15) is 6.04 Å². The van der Waals surface area contributed by atoms with Crippen molar-refractivity contribution in [2.75, 3.05) is 11.4 Å². The second-order valence-corrected chi connectivity index (χ2v) is 6.10. The van der Waals surface area contributed by atoms with E-state index in [0.717, 1.165) is 35.2 Å². The summed E-state index contributed by atoms with van der Waals surface area (Å²) in [5.41, 5.74) is 6.10. The van der Waals surface area contributed by atoms with Crippen LogP contribution in [0.2, 0.25) is 0 Å². The molecule has 3 aromatic rings. The van der Waals surface area contributed by atoms with E-state index in [4.69, 9.17) is 10.3 Å². The van der Waals surface area contributed by atoms with Gasteiger partial charge in [0.2, 0.25) is 16.0 Å². The van der Waals surface area contributed by atoms with Crippen LogP contribution in [0.15, 0.2) is 10.7 Å². The molecule has 0 aliphatic carbocycles. The molecule has 1 unspecified atom stereocenters. The summed E-state index contributed by atoms with van der Waals surface area (Å²) < 4.78 is 6.96. The normalized spacial score (nSPS) is 18.4. The number of rotatable bonds is 3. The number of aromatic nitrogens is 5. The molecule has 0 bridgehead atoms. The zero-order valence-corrected chi connectivity index (χ0v) is 12.6. The van der Waals surface area contributed by atoms with Crippen LogP contribution in [0.3, 0.4) is 0 Å². The van der Waals surface area contributed by atoms with Gasteiger partial charge < -0.3 is 15.2 Å². The van der Waals surface area contributed by atoms with Crippen molar-refractivity contribution in [2.45, 2.75) is 25.8 Å². The maximum Gasteiger partial charge on any atom is 0.290 e. The van der Waals surface area contributed by atoms with Crippen LogP contribution in [0.25, 0.3) is 4.96 Å². The molecule has 9 nitrogen and oxygen atoms in total. The van der Waals surface area contributed by atoms with Gasteiger partial charge in [-0.3, -0.25) is 4.79 Å². The van der Waals surface area contributed by atoms with Gasteiger partial charge in [-0.15, -0.1) is 5.10 Å². The van der Waals surface area contributed by atoms with E-state index in [2.05, 4.69) is 25.1 Å². The average molecular weight is 319 g/mol. The van der Waals surface area contributed by atoms with Gasteiger partial charge >= 0.3 is 0 Å². The van der Waals surface area contributed by atoms with Crippen molar-refractivity contribution in [3.8, 4) is 0 Å². The summed E-state index contributed by atoms with van der Waals surface area (Å²) >= 11 is 1.51. The number of aryl methyl sites for hydroxylation is 1. The largest absolute Gasteiger partial charge is 0.363 e. The van der Waals surface area contributed by atoms with Crippen molar-refractivity contribution < 1.29 is 9.32 Å². The first-order valence-electron chi connectivity index (χ1n) is 6.84. The molecule has 0 aromatic carbocycles. The molecule has 0 radical (unpaired) electrons. The molecule has 1 fully saturated rings. The Hall–Kier alpha value is -2.49. The Morgan fingerprint density at radius 1 is 1.50 bits per heavy atom. The van der Waals surface area contributed by atoms with Gasteiger partial charge in [0.15, 0.2) is 0 Å². The fraction of sp³-hybridized carbons (Fsp3) is 0.417. The molecule has 1 aliphatic heterocycles. The lowest BCUT2D eigenvalue weighted by atomic mass is 10.2. The lowest BCUT2D eigenvalue weighted by molar-refractivity contribution is 0.0987. The molecule has 1 atom stereocenters. The van der Waals surface area contributed by atoms with Crippen LogP contribution in [0.1, 0.15) is 41.1 Å². The first-order valence-corrected chi connectivity index (χ1v) is 7.66. The minimum atomic E-state index is -0.692. The Morgan fingerprint density at radius 2 is 2.36 bits per heavy atom. The molecule has 10 heteroatoms. The van der Waals surface area contributed by atoms with Crippen LogP contribution < -0.4 is 10.6 Å². The van der Waals surface area contributed by atoms with Gasteiger partial charge in [-0.2, -0.15) is 4.98 Å². The van der Waals surface area contributed by atoms with Crippen LogP contribution in [-0.4, -0.2) is 37.2 Å². The lowest BCUT2D eigenvalue weighted by Gasteiger charge is -2.19. The number of hydrogen-bond acceptors (Lipinski definition) is 8. The summed E-state index contributed by atoms with van der Waals surface area (Å²) in [6.07, 6.45) is 3.74. The Kier molecular flexibility index (Phi) is 2.86. The lowest BCUT2D eigenvalue weighted by Crippen LogP contribution is -2.23. The molecular weight excluding hydrogens is 306 g/mol. The summed E-state index contributed by atoms with van der Waals surface area (Å²) in [6, 6.07) is -0.0856. The van der Waals surface area contributed by atoms with Crippen molar-refractivity contribution in [1.82, 2.24) is 24.7 Å². The highest BCUT2D eigenvalue weighted by molar-refractivity contribution is 7.20. The highest BCUT2D eigenvalue weighted by atomic mass is 32.1. The Bertz CT molecular complexity index is 819. The third-order valence-corrected chi connectivity index (χ3v) is 4.56. The maximum absolute atomic E-state index is 11.1. The van der Waals surface area contributed by atoms with Crippen LogP contribution in [0.5, 0.6) is 0 Å². The number of hydrogen-bond donors (Lipinski definition) is 1. The van der Waals surface area contributed by atoms with Crippen LogP contribution in [-0.2, 0) is 0 Å². The number of anilines is 1. The van der Waals surface area contributed by atoms with E-state index in [0.29, 0.717) is 5.89 Å². The third kappa shape index (κ3) is 2.03. The molecule has 114 valence electrons. The van der Waals surface area contributed by atoms with E-state index >= 15 is 0 Å². The van der Waals surface area contributed by atoms with Crippen molar-refractivity contribution >= 4 is 27.3 Å². The summed E-state index contributed by atoms with van der Waals surface area (Å²) in [6.45, 7) is 2.78. The monoisotopic (exact) mass is 319 g/mol. The van der Waals surface area contributed by atoms with E-state index < -0.39 is 5.91 Å². The van der Waals surface area contributed by atoms with E-state index in [1.54, 1.807) is 4.52 Å². The number of primary amides is 1. The van der Waals surface area contributed by atoms with E-state index in [-0.39, 0.29) is 11.9 Å². The number of nitrogens with zero attached hydrogens (tertiary/aromatic N) is 6. The molecule has 4 heterocycles. The zero-order chi connectivity index (χ0) is 15.3. The number of carbonyl (C=O) groups excluding carboxylic acids is 1. The number of amides is 1.